The first-order valence-corrected chi connectivity index (χ1v) is 7.91. The minimum atomic E-state index is -0.420. The predicted molar refractivity (Wildman–Crippen MR) is 99.5 cm³/mol. The standard InChI is InChI=1S/C19H23N3O3/c1-13-6-5-7-16(10-13)21-14(2)19(23)22-20-12-15-8-9-17(24-3)11-18(15)25-4/h5-12,14,21H,1-4H3,(H,22,23)/b20-12-/t14-/m0/s1. The second-order valence-corrected chi connectivity index (χ2v) is 5.58. The van der Waals surface area contributed by atoms with Crippen LogP contribution in [0.5, 0.6) is 11.5 Å². The molecule has 0 saturated heterocycles. The number of nitrogens with zero attached hydrogens (tertiary/aromatic N) is 1. The smallest absolute Gasteiger partial charge is 0.262 e. The van der Waals surface area contributed by atoms with Crippen molar-refractivity contribution >= 4 is 17.8 Å². The summed E-state index contributed by atoms with van der Waals surface area (Å²) in [6, 6.07) is 12.8. The summed E-state index contributed by atoms with van der Waals surface area (Å²) in [4.78, 5) is 12.1. The molecule has 0 spiro atoms. The van der Waals surface area contributed by atoms with E-state index in [-0.39, 0.29) is 5.91 Å². The van der Waals surface area contributed by atoms with Gasteiger partial charge in [0.25, 0.3) is 5.91 Å². The quantitative estimate of drug-likeness (QED) is 0.600. The van der Waals surface area contributed by atoms with Crippen LogP contribution in [0.25, 0.3) is 0 Å². The fourth-order valence-corrected chi connectivity index (χ4v) is 2.24. The van der Waals surface area contributed by atoms with E-state index in [4.69, 9.17) is 9.47 Å². The number of benzene rings is 2. The van der Waals surface area contributed by atoms with Gasteiger partial charge >= 0.3 is 0 Å². The van der Waals surface area contributed by atoms with Crippen LogP contribution in [-0.4, -0.2) is 32.4 Å². The van der Waals surface area contributed by atoms with Gasteiger partial charge in [0.2, 0.25) is 0 Å². The lowest BCUT2D eigenvalue weighted by atomic mass is 10.2. The number of rotatable bonds is 7. The molecule has 6 heteroatoms. The van der Waals surface area contributed by atoms with Crippen LogP contribution >= 0.6 is 0 Å². The SMILES string of the molecule is COc1ccc(/C=N\NC(=O)[C@H](C)Nc2cccc(C)c2)c(OC)c1. The Kier molecular flexibility index (Phi) is 6.39. The first-order chi connectivity index (χ1) is 12.0. The van der Waals surface area contributed by atoms with E-state index in [0.717, 1.165) is 16.8 Å². The van der Waals surface area contributed by atoms with Gasteiger partial charge in [-0.3, -0.25) is 4.79 Å². The van der Waals surface area contributed by atoms with Crippen molar-refractivity contribution in [1.82, 2.24) is 5.43 Å². The highest BCUT2D eigenvalue weighted by molar-refractivity contribution is 5.87. The Morgan fingerprint density at radius 1 is 1.16 bits per heavy atom. The molecular formula is C19H23N3O3. The van der Waals surface area contributed by atoms with Crippen molar-refractivity contribution in [3.05, 3.63) is 53.6 Å². The summed E-state index contributed by atoms with van der Waals surface area (Å²) in [5.41, 5.74) is 5.28. The second-order valence-electron chi connectivity index (χ2n) is 5.58. The zero-order valence-corrected chi connectivity index (χ0v) is 14.9. The Hall–Kier alpha value is -3.02. The number of hydrogen-bond donors (Lipinski definition) is 2. The van der Waals surface area contributed by atoms with Crippen LogP contribution in [0, 0.1) is 6.92 Å². The highest BCUT2D eigenvalue weighted by atomic mass is 16.5. The summed E-state index contributed by atoms with van der Waals surface area (Å²) in [5, 5.41) is 7.14. The minimum Gasteiger partial charge on any atom is -0.497 e. The second kappa shape index (κ2) is 8.73. The normalized spacial score (nSPS) is 11.8. The molecule has 0 aliphatic rings. The highest BCUT2D eigenvalue weighted by Gasteiger charge is 2.11. The number of ether oxygens (including phenoxy) is 2. The number of anilines is 1. The summed E-state index contributed by atoms with van der Waals surface area (Å²) < 4.78 is 10.4. The molecule has 0 aliphatic heterocycles. The van der Waals surface area contributed by atoms with Crippen molar-refractivity contribution in [1.29, 1.82) is 0 Å². The molecule has 0 heterocycles. The Morgan fingerprint density at radius 3 is 2.64 bits per heavy atom. The summed E-state index contributed by atoms with van der Waals surface area (Å²) in [6.45, 7) is 3.78. The molecule has 0 fully saturated rings. The van der Waals surface area contributed by atoms with E-state index in [1.54, 1.807) is 33.3 Å². The van der Waals surface area contributed by atoms with Crippen LogP contribution in [0.2, 0.25) is 0 Å². The Balaban J connectivity index is 1.95. The molecule has 25 heavy (non-hydrogen) atoms. The van der Waals surface area contributed by atoms with Crippen LogP contribution in [0.1, 0.15) is 18.1 Å². The van der Waals surface area contributed by atoms with E-state index in [1.807, 2.05) is 37.3 Å². The lowest BCUT2D eigenvalue weighted by Crippen LogP contribution is -2.34. The van der Waals surface area contributed by atoms with Gasteiger partial charge in [-0.25, -0.2) is 5.43 Å². The summed E-state index contributed by atoms with van der Waals surface area (Å²) in [7, 11) is 3.16. The maximum absolute atomic E-state index is 12.1. The zero-order valence-electron chi connectivity index (χ0n) is 14.9. The van der Waals surface area contributed by atoms with Gasteiger partial charge in [0.05, 0.1) is 20.4 Å². The van der Waals surface area contributed by atoms with Crippen molar-refractivity contribution in [2.24, 2.45) is 5.10 Å². The number of methoxy groups -OCH3 is 2. The van der Waals surface area contributed by atoms with E-state index >= 15 is 0 Å². The van der Waals surface area contributed by atoms with E-state index in [0.29, 0.717) is 11.5 Å². The fraction of sp³-hybridized carbons (Fsp3) is 0.263. The molecule has 2 aromatic rings. The minimum absolute atomic E-state index is 0.231. The average molecular weight is 341 g/mol. The maximum Gasteiger partial charge on any atom is 0.262 e. The predicted octanol–water partition coefficient (Wildman–Crippen LogP) is 2.96. The molecule has 0 radical (unpaired) electrons. The molecule has 0 aromatic heterocycles. The Labute approximate surface area is 147 Å². The van der Waals surface area contributed by atoms with E-state index < -0.39 is 6.04 Å². The molecule has 6 nitrogen and oxygen atoms in total. The number of hydrogen-bond acceptors (Lipinski definition) is 5. The number of nitrogens with one attached hydrogen (secondary N) is 2. The van der Waals surface area contributed by atoms with Gasteiger partial charge in [-0.2, -0.15) is 5.10 Å². The molecule has 0 bridgehead atoms. The Morgan fingerprint density at radius 2 is 1.96 bits per heavy atom. The van der Waals surface area contributed by atoms with Gasteiger partial charge in [0, 0.05) is 17.3 Å². The first-order valence-electron chi connectivity index (χ1n) is 7.91. The third-order valence-electron chi connectivity index (χ3n) is 3.61. The molecule has 132 valence electrons. The van der Waals surface area contributed by atoms with Crippen molar-refractivity contribution in [2.45, 2.75) is 19.9 Å². The molecular weight excluding hydrogens is 318 g/mol. The van der Waals surface area contributed by atoms with E-state index in [1.165, 1.54) is 6.21 Å². The van der Waals surface area contributed by atoms with Crippen LogP contribution in [0.3, 0.4) is 0 Å². The largest absolute Gasteiger partial charge is 0.497 e. The summed E-state index contributed by atoms with van der Waals surface area (Å²) in [6.07, 6.45) is 1.54. The van der Waals surface area contributed by atoms with Gasteiger partial charge in [-0.05, 0) is 43.7 Å². The van der Waals surface area contributed by atoms with Crippen LogP contribution < -0.4 is 20.2 Å². The number of carbonyl (C=O) groups is 1. The molecule has 2 rings (SSSR count). The van der Waals surface area contributed by atoms with Gasteiger partial charge in [-0.1, -0.05) is 12.1 Å². The summed E-state index contributed by atoms with van der Waals surface area (Å²) >= 11 is 0. The molecule has 0 aliphatic carbocycles. The summed E-state index contributed by atoms with van der Waals surface area (Å²) in [5.74, 6) is 1.07. The highest BCUT2D eigenvalue weighted by Crippen LogP contribution is 2.23. The molecule has 1 atom stereocenters. The Bertz CT molecular complexity index is 759. The fourth-order valence-electron chi connectivity index (χ4n) is 2.24. The molecule has 2 aromatic carbocycles. The number of carbonyl (C=O) groups excluding carboxylic acids is 1. The van der Waals surface area contributed by atoms with Gasteiger partial charge in [-0.15, -0.1) is 0 Å². The molecule has 0 unspecified atom stereocenters. The van der Waals surface area contributed by atoms with Crippen LogP contribution in [0.15, 0.2) is 47.6 Å². The van der Waals surface area contributed by atoms with Crippen molar-refractivity contribution in [3.63, 3.8) is 0 Å². The van der Waals surface area contributed by atoms with Gasteiger partial charge in [0.15, 0.2) is 0 Å². The molecule has 0 saturated carbocycles. The lowest BCUT2D eigenvalue weighted by Gasteiger charge is -2.13. The van der Waals surface area contributed by atoms with Crippen molar-refractivity contribution in [3.8, 4) is 11.5 Å². The van der Waals surface area contributed by atoms with Gasteiger partial charge < -0.3 is 14.8 Å². The zero-order chi connectivity index (χ0) is 18.2. The molecule has 1 amide bonds. The van der Waals surface area contributed by atoms with Crippen LogP contribution in [0.4, 0.5) is 5.69 Å². The van der Waals surface area contributed by atoms with Gasteiger partial charge in [0.1, 0.15) is 17.5 Å². The number of aryl methyl sites for hydroxylation is 1. The monoisotopic (exact) mass is 341 g/mol. The topological polar surface area (TPSA) is 72.0 Å². The van der Waals surface area contributed by atoms with E-state index in [9.17, 15) is 4.79 Å². The third-order valence-corrected chi connectivity index (χ3v) is 3.61. The first kappa shape index (κ1) is 18.3. The maximum atomic E-state index is 12.1. The average Bonchev–Trinajstić information content (AvgIpc) is 2.61. The van der Waals surface area contributed by atoms with E-state index in [2.05, 4.69) is 15.8 Å². The number of amides is 1. The third kappa shape index (κ3) is 5.24. The number of hydrazone groups is 1. The van der Waals surface area contributed by atoms with Crippen molar-refractivity contribution < 1.29 is 14.3 Å². The lowest BCUT2D eigenvalue weighted by molar-refractivity contribution is -0.121. The molecule has 2 N–H and O–H groups in total. The van der Waals surface area contributed by atoms with Crippen LogP contribution in [-0.2, 0) is 4.79 Å². The van der Waals surface area contributed by atoms with Crippen molar-refractivity contribution in [2.75, 3.05) is 19.5 Å².